The first-order valence-corrected chi connectivity index (χ1v) is 11.1. The minimum absolute atomic E-state index is 0. The smallest absolute Gasteiger partial charge is 0.0782 e. The second-order valence-electron chi connectivity index (χ2n) is 8.41. The summed E-state index contributed by atoms with van der Waals surface area (Å²) < 4.78 is 1.23. The molecule has 0 aliphatic rings. The second kappa shape index (κ2) is 20.5. The highest BCUT2D eigenvalue weighted by molar-refractivity contribution is 4.65. The first-order valence-electron chi connectivity index (χ1n) is 11.1. The van der Waals surface area contributed by atoms with Crippen LogP contribution >= 0.6 is 0 Å². The van der Waals surface area contributed by atoms with E-state index in [0.717, 1.165) is 0 Å². The van der Waals surface area contributed by atoms with Crippen molar-refractivity contribution >= 4 is 0 Å². The van der Waals surface area contributed by atoms with E-state index in [4.69, 9.17) is 0 Å². The SMILES string of the molecule is C=CCCCCCCCCC[N+](C)(C)CCCCCCCCCC.[Br-]. The lowest BCUT2D eigenvalue weighted by Gasteiger charge is -2.30. The third-order valence-corrected chi connectivity index (χ3v) is 5.29. The molecule has 0 amide bonds. The van der Waals surface area contributed by atoms with Gasteiger partial charge in [0.25, 0.3) is 0 Å². The molecule has 0 bridgehead atoms. The maximum Gasteiger partial charge on any atom is 0.0782 e. The monoisotopic (exact) mass is 417 g/mol. The van der Waals surface area contributed by atoms with E-state index >= 15 is 0 Å². The highest BCUT2D eigenvalue weighted by Crippen LogP contribution is 2.13. The van der Waals surface area contributed by atoms with Gasteiger partial charge in [0.2, 0.25) is 0 Å². The van der Waals surface area contributed by atoms with Crippen LogP contribution in [0.4, 0.5) is 0 Å². The first-order chi connectivity index (χ1) is 11.6. The van der Waals surface area contributed by atoms with Crippen molar-refractivity contribution < 1.29 is 21.5 Å². The molecule has 0 aromatic heterocycles. The van der Waals surface area contributed by atoms with E-state index in [9.17, 15) is 0 Å². The molecule has 0 aromatic rings. The molecule has 0 aromatic carbocycles. The van der Waals surface area contributed by atoms with Crippen LogP contribution < -0.4 is 17.0 Å². The number of quaternary nitrogens is 1. The standard InChI is InChI=1S/C23H48N.BrH/c1-5-7-9-11-13-15-17-19-21-23-24(3,4)22-20-18-16-14-12-10-8-6-2;/h5H,1,6-23H2,2-4H3;1H/q+1;/p-1. The van der Waals surface area contributed by atoms with Gasteiger partial charge in [-0.15, -0.1) is 6.58 Å². The Bertz CT molecular complexity index is 263. The van der Waals surface area contributed by atoms with Gasteiger partial charge in [0.1, 0.15) is 0 Å². The van der Waals surface area contributed by atoms with Crippen molar-refractivity contribution in [3.8, 4) is 0 Å². The third kappa shape index (κ3) is 22.1. The van der Waals surface area contributed by atoms with Gasteiger partial charge >= 0.3 is 0 Å². The zero-order valence-electron chi connectivity index (χ0n) is 17.8. The van der Waals surface area contributed by atoms with E-state index in [-0.39, 0.29) is 17.0 Å². The number of unbranched alkanes of at least 4 members (excludes halogenated alkanes) is 14. The maximum absolute atomic E-state index is 3.79. The van der Waals surface area contributed by atoms with Crippen molar-refractivity contribution in [3.05, 3.63) is 12.7 Å². The summed E-state index contributed by atoms with van der Waals surface area (Å²) in [6.07, 6.45) is 24.6. The van der Waals surface area contributed by atoms with Gasteiger partial charge in [-0.05, 0) is 38.5 Å². The Kier molecular flexibility index (Phi) is 22.5. The first kappa shape index (κ1) is 27.4. The molecule has 0 unspecified atom stereocenters. The Morgan fingerprint density at radius 2 is 0.960 bits per heavy atom. The van der Waals surface area contributed by atoms with Crippen LogP contribution in [0, 0.1) is 0 Å². The minimum atomic E-state index is 0. The molecule has 0 aliphatic carbocycles. The summed E-state index contributed by atoms with van der Waals surface area (Å²) >= 11 is 0. The number of hydrogen-bond acceptors (Lipinski definition) is 0. The summed E-state index contributed by atoms with van der Waals surface area (Å²) in [6.45, 7) is 8.82. The van der Waals surface area contributed by atoms with Crippen LogP contribution in [0.5, 0.6) is 0 Å². The lowest BCUT2D eigenvalue weighted by atomic mass is 10.1. The van der Waals surface area contributed by atoms with Crippen molar-refractivity contribution in [2.24, 2.45) is 0 Å². The van der Waals surface area contributed by atoms with Crippen molar-refractivity contribution in [2.75, 3.05) is 27.2 Å². The Morgan fingerprint density at radius 3 is 1.36 bits per heavy atom. The molecule has 0 saturated heterocycles. The van der Waals surface area contributed by atoms with Crippen LogP contribution in [0.25, 0.3) is 0 Å². The minimum Gasteiger partial charge on any atom is -1.00 e. The fraction of sp³-hybridized carbons (Fsp3) is 0.913. The van der Waals surface area contributed by atoms with E-state index in [1.54, 1.807) is 0 Å². The van der Waals surface area contributed by atoms with Gasteiger partial charge in [0.05, 0.1) is 27.2 Å². The molecular formula is C23H48BrN. The fourth-order valence-electron chi connectivity index (χ4n) is 3.50. The molecule has 152 valence electrons. The molecule has 1 nitrogen and oxygen atoms in total. The van der Waals surface area contributed by atoms with E-state index in [2.05, 4.69) is 27.6 Å². The highest BCUT2D eigenvalue weighted by Gasteiger charge is 2.13. The average Bonchev–Trinajstić information content (AvgIpc) is 2.55. The predicted octanol–water partition coefficient (Wildman–Crippen LogP) is 4.51. The van der Waals surface area contributed by atoms with Crippen LogP contribution in [0.15, 0.2) is 12.7 Å². The van der Waals surface area contributed by atoms with E-state index < -0.39 is 0 Å². The van der Waals surface area contributed by atoms with Gasteiger partial charge in [-0.1, -0.05) is 77.2 Å². The predicted molar refractivity (Wildman–Crippen MR) is 112 cm³/mol. The number of allylic oxidation sites excluding steroid dienone is 1. The van der Waals surface area contributed by atoms with Gasteiger partial charge in [-0.2, -0.15) is 0 Å². The Morgan fingerprint density at radius 1 is 0.600 bits per heavy atom. The summed E-state index contributed by atoms with van der Waals surface area (Å²) in [7, 11) is 4.85. The summed E-state index contributed by atoms with van der Waals surface area (Å²) in [4.78, 5) is 0. The zero-order chi connectivity index (χ0) is 17.9. The van der Waals surface area contributed by atoms with Gasteiger partial charge in [-0.25, -0.2) is 0 Å². The highest BCUT2D eigenvalue weighted by atomic mass is 79.9. The van der Waals surface area contributed by atoms with Crippen molar-refractivity contribution in [2.45, 2.75) is 110 Å². The molecule has 0 radical (unpaired) electrons. The number of rotatable bonds is 19. The Labute approximate surface area is 171 Å². The second-order valence-corrected chi connectivity index (χ2v) is 8.41. The normalized spacial score (nSPS) is 11.3. The molecule has 0 heterocycles. The lowest BCUT2D eigenvalue weighted by molar-refractivity contribution is -0.890. The molecule has 0 aliphatic heterocycles. The lowest BCUT2D eigenvalue weighted by Crippen LogP contribution is -3.00. The van der Waals surface area contributed by atoms with Crippen LogP contribution in [0.2, 0.25) is 0 Å². The largest absolute Gasteiger partial charge is 1.00 e. The number of halogens is 1. The Hall–Kier alpha value is 0.180. The van der Waals surface area contributed by atoms with Gasteiger partial charge < -0.3 is 21.5 Å². The molecule has 0 atom stereocenters. The molecular weight excluding hydrogens is 370 g/mol. The molecule has 0 saturated carbocycles. The van der Waals surface area contributed by atoms with Crippen LogP contribution in [-0.4, -0.2) is 31.7 Å². The Balaban J connectivity index is 0. The quantitative estimate of drug-likeness (QED) is 0.164. The van der Waals surface area contributed by atoms with Crippen molar-refractivity contribution in [1.82, 2.24) is 0 Å². The number of nitrogens with zero attached hydrogens (tertiary/aromatic N) is 1. The molecule has 0 spiro atoms. The molecule has 25 heavy (non-hydrogen) atoms. The summed E-state index contributed by atoms with van der Waals surface area (Å²) in [5.74, 6) is 0. The molecule has 2 heteroatoms. The topological polar surface area (TPSA) is 0 Å². The van der Waals surface area contributed by atoms with Crippen LogP contribution in [0.3, 0.4) is 0 Å². The fourth-order valence-corrected chi connectivity index (χ4v) is 3.50. The van der Waals surface area contributed by atoms with Crippen molar-refractivity contribution in [1.29, 1.82) is 0 Å². The third-order valence-electron chi connectivity index (χ3n) is 5.29. The molecule has 0 fully saturated rings. The number of hydrogen-bond donors (Lipinski definition) is 0. The zero-order valence-corrected chi connectivity index (χ0v) is 19.4. The summed E-state index contributed by atoms with van der Waals surface area (Å²) in [6, 6.07) is 0. The van der Waals surface area contributed by atoms with Crippen LogP contribution in [0.1, 0.15) is 110 Å². The van der Waals surface area contributed by atoms with Gasteiger partial charge in [-0.3, -0.25) is 0 Å². The van der Waals surface area contributed by atoms with Gasteiger partial charge in [0, 0.05) is 0 Å². The average molecular weight is 419 g/mol. The van der Waals surface area contributed by atoms with Crippen LogP contribution in [-0.2, 0) is 0 Å². The van der Waals surface area contributed by atoms with E-state index in [1.165, 1.54) is 120 Å². The van der Waals surface area contributed by atoms with Gasteiger partial charge in [0.15, 0.2) is 0 Å². The van der Waals surface area contributed by atoms with Crippen molar-refractivity contribution in [3.63, 3.8) is 0 Å². The summed E-state index contributed by atoms with van der Waals surface area (Å²) in [5, 5.41) is 0. The molecule has 0 N–H and O–H groups in total. The van der Waals surface area contributed by atoms with E-state index in [0.29, 0.717) is 0 Å². The van der Waals surface area contributed by atoms with E-state index in [1.807, 2.05) is 6.08 Å². The molecule has 0 rings (SSSR count). The maximum atomic E-state index is 3.79. The summed E-state index contributed by atoms with van der Waals surface area (Å²) in [5.41, 5.74) is 0.